The molecule has 0 aliphatic heterocycles. The van der Waals surface area contributed by atoms with Gasteiger partial charge in [-0.3, -0.25) is 9.59 Å². The van der Waals surface area contributed by atoms with Crippen molar-refractivity contribution in [3.05, 3.63) is 32.7 Å². The average molecular weight is 350 g/mol. The molecule has 0 spiro atoms. The lowest BCUT2D eigenvalue weighted by atomic mass is 10.1. The van der Waals surface area contributed by atoms with Crippen LogP contribution in [0.1, 0.15) is 23.7 Å². The lowest BCUT2D eigenvalue weighted by Gasteiger charge is -2.03. The predicted molar refractivity (Wildman–Crippen MR) is 67.4 cm³/mol. The molecular weight excluding hydrogens is 340 g/mol. The smallest absolute Gasteiger partial charge is 0.313 e. The van der Waals surface area contributed by atoms with E-state index < -0.39 is 5.97 Å². The van der Waals surface area contributed by atoms with Gasteiger partial charge >= 0.3 is 5.97 Å². The van der Waals surface area contributed by atoms with Crippen molar-refractivity contribution in [3.8, 4) is 0 Å². The van der Waals surface area contributed by atoms with E-state index in [1.807, 2.05) is 6.07 Å². The summed E-state index contributed by atoms with van der Waals surface area (Å²) in [5.74, 6) is -0.746. The molecule has 1 rings (SSSR count). The van der Waals surface area contributed by atoms with Crippen molar-refractivity contribution in [3.63, 3.8) is 0 Å². The molecule has 3 nitrogen and oxygen atoms in total. The second-order valence-electron chi connectivity index (χ2n) is 3.06. The molecule has 0 aliphatic rings. The number of hydrogen-bond donors (Lipinski definition) is 0. The lowest BCUT2D eigenvalue weighted by molar-refractivity contribution is -0.141. The van der Waals surface area contributed by atoms with Gasteiger partial charge in [0.15, 0.2) is 5.78 Å². The first kappa shape index (κ1) is 13.4. The van der Waals surface area contributed by atoms with E-state index in [0.717, 1.165) is 8.95 Å². The number of ketones is 1. The van der Waals surface area contributed by atoms with Crippen molar-refractivity contribution in [2.24, 2.45) is 0 Å². The normalized spacial score (nSPS) is 9.94. The summed E-state index contributed by atoms with van der Waals surface area (Å²) in [6.45, 7) is 1.99. The molecule has 5 heteroatoms. The minimum Gasteiger partial charge on any atom is -0.466 e. The van der Waals surface area contributed by atoms with Gasteiger partial charge in [-0.05, 0) is 25.1 Å². The zero-order valence-electron chi connectivity index (χ0n) is 8.63. The fourth-order valence-corrected chi connectivity index (χ4v) is 2.45. The van der Waals surface area contributed by atoms with Gasteiger partial charge in [0.2, 0.25) is 0 Å². The number of benzene rings is 1. The number of halogens is 2. The van der Waals surface area contributed by atoms with Gasteiger partial charge < -0.3 is 4.74 Å². The molecule has 0 atom stereocenters. The van der Waals surface area contributed by atoms with Crippen LogP contribution in [-0.2, 0) is 9.53 Å². The van der Waals surface area contributed by atoms with E-state index in [4.69, 9.17) is 4.74 Å². The standard InChI is InChI=1S/C11H10Br2O3/c1-2-16-11(15)6-10(14)7-3-8(12)5-9(13)4-7/h3-5H,2,6H2,1H3. The van der Waals surface area contributed by atoms with Crippen molar-refractivity contribution >= 4 is 43.6 Å². The van der Waals surface area contributed by atoms with E-state index in [2.05, 4.69) is 31.9 Å². The Labute approximate surface area is 110 Å². The Morgan fingerprint density at radius 2 is 1.75 bits per heavy atom. The summed E-state index contributed by atoms with van der Waals surface area (Å²) in [5.41, 5.74) is 0.481. The van der Waals surface area contributed by atoms with Crippen molar-refractivity contribution in [2.45, 2.75) is 13.3 Å². The zero-order chi connectivity index (χ0) is 12.1. The number of ether oxygens (including phenoxy) is 1. The van der Waals surface area contributed by atoms with Crippen LogP contribution in [0.2, 0.25) is 0 Å². The Bertz CT molecular complexity index is 395. The van der Waals surface area contributed by atoms with Crippen molar-refractivity contribution in [1.82, 2.24) is 0 Å². The summed E-state index contributed by atoms with van der Waals surface area (Å²) >= 11 is 6.56. The molecule has 1 aromatic carbocycles. The number of carbonyl (C=O) groups excluding carboxylic acids is 2. The number of esters is 1. The molecule has 16 heavy (non-hydrogen) atoms. The van der Waals surface area contributed by atoms with E-state index in [-0.39, 0.29) is 18.8 Å². The molecule has 0 fully saturated rings. The highest BCUT2D eigenvalue weighted by Crippen LogP contribution is 2.21. The molecule has 86 valence electrons. The van der Waals surface area contributed by atoms with Gasteiger partial charge in [0.25, 0.3) is 0 Å². The van der Waals surface area contributed by atoms with Crippen LogP contribution < -0.4 is 0 Å². The summed E-state index contributed by atoms with van der Waals surface area (Å²) in [4.78, 5) is 22.8. The molecule has 0 radical (unpaired) electrons. The van der Waals surface area contributed by atoms with Crippen LogP contribution >= 0.6 is 31.9 Å². The van der Waals surface area contributed by atoms with Crippen LogP contribution in [0.5, 0.6) is 0 Å². The van der Waals surface area contributed by atoms with Gasteiger partial charge in [0.1, 0.15) is 6.42 Å². The average Bonchev–Trinajstić information content (AvgIpc) is 2.16. The van der Waals surface area contributed by atoms with Crippen LogP contribution in [0.15, 0.2) is 27.1 Å². The molecule has 0 saturated heterocycles. The van der Waals surface area contributed by atoms with Crippen molar-refractivity contribution < 1.29 is 14.3 Å². The van der Waals surface area contributed by atoms with Crippen molar-refractivity contribution in [2.75, 3.05) is 6.61 Å². The summed E-state index contributed by atoms with van der Waals surface area (Å²) in [7, 11) is 0. The van der Waals surface area contributed by atoms with E-state index >= 15 is 0 Å². The summed E-state index contributed by atoms with van der Waals surface area (Å²) in [5, 5.41) is 0. The quantitative estimate of drug-likeness (QED) is 0.475. The van der Waals surface area contributed by atoms with E-state index in [1.54, 1.807) is 19.1 Å². The van der Waals surface area contributed by atoms with Crippen LogP contribution in [0.25, 0.3) is 0 Å². The highest BCUT2D eigenvalue weighted by molar-refractivity contribution is 9.11. The third-order valence-corrected chi connectivity index (χ3v) is 2.71. The Hall–Kier alpha value is -0.680. The maximum absolute atomic E-state index is 11.7. The minimum atomic E-state index is -0.497. The van der Waals surface area contributed by atoms with Gasteiger partial charge in [-0.2, -0.15) is 0 Å². The van der Waals surface area contributed by atoms with Gasteiger partial charge in [-0.1, -0.05) is 31.9 Å². The highest BCUT2D eigenvalue weighted by Gasteiger charge is 2.13. The maximum Gasteiger partial charge on any atom is 0.313 e. The number of carbonyl (C=O) groups is 2. The number of rotatable bonds is 4. The zero-order valence-corrected chi connectivity index (χ0v) is 11.8. The fourth-order valence-electron chi connectivity index (χ4n) is 1.16. The summed E-state index contributed by atoms with van der Waals surface area (Å²) in [6, 6.07) is 5.17. The van der Waals surface area contributed by atoms with E-state index in [1.165, 1.54) is 0 Å². The SMILES string of the molecule is CCOC(=O)CC(=O)c1cc(Br)cc(Br)c1. The fraction of sp³-hybridized carbons (Fsp3) is 0.273. The molecule has 0 heterocycles. The highest BCUT2D eigenvalue weighted by atomic mass is 79.9. The van der Waals surface area contributed by atoms with Crippen LogP contribution in [0.4, 0.5) is 0 Å². The summed E-state index contributed by atoms with van der Waals surface area (Å²) in [6.07, 6.45) is -0.225. The summed E-state index contributed by atoms with van der Waals surface area (Å²) < 4.78 is 6.28. The van der Waals surface area contributed by atoms with Gasteiger partial charge in [0.05, 0.1) is 6.61 Å². The van der Waals surface area contributed by atoms with Crippen molar-refractivity contribution in [1.29, 1.82) is 0 Å². The number of hydrogen-bond acceptors (Lipinski definition) is 3. The molecule has 0 aliphatic carbocycles. The van der Waals surface area contributed by atoms with Crippen LogP contribution in [0, 0.1) is 0 Å². The lowest BCUT2D eigenvalue weighted by Crippen LogP contribution is -2.11. The molecule has 0 N–H and O–H groups in total. The minimum absolute atomic E-state index is 0.225. The first-order valence-corrected chi connectivity index (χ1v) is 6.26. The van der Waals surface area contributed by atoms with Crippen LogP contribution in [-0.4, -0.2) is 18.4 Å². The third-order valence-electron chi connectivity index (χ3n) is 1.79. The van der Waals surface area contributed by atoms with Gasteiger partial charge in [0, 0.05) is 14.5 Å². The van der Waals surface area contributed by atoms with E-state index in [0.29, 0.717) is 5.56 Å². The van der Waals surface area contributed by atoms with E-state index in [9.17, 15) is 9.59 Å². The molecule has 0 unspecified atom stereocenters. The molecule has 0 bridgehead atoms. The van der Waals surface area contributed by atoms with Gasteiger partial charge in [-0.25, -0.2) is 0 Å². The Kier molecular flexibility index (Phi) is 5.15. The monoisotopic (exact) mass is 348 g/mol. The number of Topliss-reactive ketones (excluding diaryl/α,β-unsaturated/α-hetero) is 1. The Balaban J connectivity index is 2.76. The molecule has 0 aromatic heterocycles. The topological polar surface area (TPSA) is 43.4 Å². The second kappa shape index (κ2) is 6.15. The third kappa shape index (κ3) is 4.06. The second-order valence-corrected chi connectivity index (χ2v) is 4.89. The van der Waals surface area contributed by atoms with Crippen LogP contribution in [0.3, 0.4) is 0 Å². The Morgan fingerprint density at radius 3 is 2.25 bits per heavy atom. The largest absolute Gasteiger partial charge is 0.466 e. The Morgan fingerprint density at radius 1 is 1.19 bits per heavy atom. The predicted octanol–water partition coefficient (Wildman–Crippen LogP) is 3.35. The molecule has 1 aromatic rings. The molecule has 0 amide bonds. The maximum atomic E-state index is 11.7. The van der Waals surface area contributed by atoms with Gasteiger partial charge in [-0.15, -0.1) is 0 Å². The first-order chi connectivity index (χ1) is 7.52. The molecular formula is C11H10Br2O3. The first-order valence-electron chi connectivity index (χ1n) is 4.68. The molecule has 0 saturated carbocycles.